The van der Waals surface area contributed by atoms with Crippen molar-refractivity contribution in [3.8, 4) is 11.8 Å². The van der Waals surface area contributed by atoms with Gasteiger partial charge in [0.25, 0.3) is 0 Å². The standard InChI is InChI=1S/C24H26O5/c1-2-29-23(26)17-22(25)18-24(27,14-13-20-9-5-3-6-10-20)15-16-28-19-21-11-7-4-8-12-21/h3-12,27H,2,15-19H2,1H3. The van der Waals surface area contributed by atoms with Gasteiger partial charge < -0.3 is 14.6 Å². The van der Waals surface area contributed by atoms with Crippen LogP contribution in [0.2, 0.25) is 0 Å². The summed E-state index contributed by atoms with van der Waals surface area (Å²) in [6, 6.07) is 18.9. The minimum atomic E-state index is -1.59. The topological polar surface area (TPSA) is 72.8 Å². The monoisotopic (exact) mass is 394 g/mol. The molecule has 0 aromatic heterocycles. The van der Waals surface area contributed by atoms with Gasteiger partial charge in [-0.25, -0.2) is 0 Å². The second-order valence-corrected chi connectivity index (χ2v) is 6.63. The molecule has 5 heteroatoms. The second kappa shape index (κ2) is 11.8. The van der Waals surface area contributed by atoms with Gasteiger partial charge in [0.2, 0.25) is 0 Å². The first kappa shape index (κ1) is 22.4. The zero-order chi connectivity index (χ0) is 21.0. The summed E-state index contributed by atoms with van der Waals surface area (Å²) in [5, 5.41) is 11.0. The number of ether oxygens (including phenoxy) is 2. The van der Waals surface area contributed by atoms with Crippen LogP contribution in [0.25, 0.3) is 0 Å². The molecular formula is C24H26O5. The van der Waals surface area contributed by atoms with Gasteiger partial charge in [-0.1, -0.05) is 60.4 Å². The molecule has 0 heterocycles. The van der Waals surface area contributed by atoms with E-state index in [2.05, 4.69) is 11.8 Å². The molecule has 0 aliphatic rings. The predicted octanol–water partition coefficient (Wildman–Crippen LogP) is 3.29. The van der Waals surface area contributed by atoms with E-state index in [1.54, 1.807) is 6.92 Å². The molecular weight excluding hydrogens is 368 g/mol. The minimum absolute atomic E-state index is 0.147. The van der Waals surface area contributed by atoms with E-state index in [9.17, 15) is 14.7 Å². The summed E-state index contributed by atoms with van der Waals surface area (Å²) in [5.41, 5.74) is 0.162. The summed E-state index contributed by atoms with van der Waals surface area (Å²) in [5.74, 6) is 4.68. The van der Waals surface area contributed by atoms with Crippen LogP contribution in [0.5, 0.6) is 0 Å². The molecule has 152 valence electrons. The smallest absolute Gasteiger partial charge is 0.313 e. The van der Waals surface area contributed by atoms with Gasteiger partial charge in [-0.15, -0.1) is 0 Å². The van der Waals surface area contributed by atoms with Gasteiger partial charge in [0, 0.05) is 18.4 Å². The van der Waals surface area contributed by atoms with Crippen LogP contribution in [0, 0.1) is 11.8 Å². The normalized spacial score (nSPS) is 12.3. The Morgan fingerprint density at radius 2 is 1.69 bits per heavy atom. The minimum Gasteiger partial charge on any atom is -0.466 e. The van der Waals surface area contributed by atoms with Gasteiger partial charge in [-0.05, 0) is 24.6 Å². The SMILES string of the molecule is CCOC(=O)CC(=O)CC(O)(C#Cc1ccccc1)CCOCc1ccccc1. The van der Waals surface area contributed by atoms with E-state index >= 15 is 0 Å². The van der Waals surface area contributed by atoms with Crippen molar-refractivity contribution in [2.24, 2.45) is 0 Å². The van der Waals surface area contributed by atoms with Crippen molar-refractivity contribution in [1.82, 2.24) is 0 Å². The molecule has 1 atom stereocenters. The molecule has 0 fully saturated rings. The second-order valence-electron chi connectivity index (χ2n) is 6.63. The average molecular weight is 394 g/mol. The lowest BCUT2D eigenvalue weighted by Crippen LogP contribution is -2.32. The van der Waals surface area contributed by atoms with Gasteiger partial charge >= 0.3 is 5.97 Å². The summed E-state index contributed by atoms with van der Waals surface area (Å²) in [4.78, 5) is 23.8. The van der Waals surface area contributed by atoms with Crippen molar-refractivity contribution in [2.75, 3.05) is 13.2 Å². The lowest BCUT2D eigenvalue weighted by molar-refractivity contribution is -0.146. The van der Waals surface area contributed by atoms with E-state index in [-0.39, 0.29) is 32.5 Å². The summed E-state index contributed by atoms with van der Waals surface area (Å²) in [7, 11) is 0. The van der Waals surface area contributed by atoms with Crippen LogP contribution in [-0.4, -0.2) is 35.7 Å². The maximum absolute atomic E-state index is 12.2. The summed E-state index contributed by atoms with van der Waals surface area (Å²) >= 11 is 0. The predicted molar refractivity (Wildman–Crippen MR) is 110 cm³/mol. The number of ketones is 1. The number of esters is 1. The molecule has 0 aliphatic heterocycles. The Morgan fingerprint density at radius 1 is 1.03 bits per heavy atom. The molecule has 5 nitrogen and oxygen atoms in total. The maximum atomic E-state index is 12.2. The van der Waals surface area contributed by atoms with Crippen LogP contribution < -0.4 is 0 Å². The quantitative estimate of drug-likeness (QED) is 0.290. The zero-order valence-electron chi connectivity index (χ0n) is 16.6. The van der Waals surface area contributed by atoms with Crippen LogP contribution >= 0.6 is 0 Å². The van der Waals surface area contributed by atoms with E-state index in [1.165, 1.54) is 0 Å². The number of carbonyl (C=O) groups excluding carboxylic acids is 2. The third-order valence-corrected chi connectivity index (χ3v) is 4.12. The summed E-state index contributed by atoms with van der Waals surface area (Å²) in [6.45, 7) is 2.51. The number of Topliss-reactive ketones (excluding diaryl/α,β-unsaturated/α-hetero) is 1. The lowest BCUT2D eigenvalue weighted by Gasteiger charge is -2.21. The lowest BCUT2D eigenvalue weighted by atomic mass is 9.92. The molecule has 0 amide bonds. The molecule has 0 saturated heterocycles. The molecule has 2 aromatic carbocycles. The Balaban J connectivity index is 2.00. The number of hydrogen-bond donors (Lipinski definition) is 1. The molecule has 0 radical (unpaired) electrons. The fourth-order valence-electron chi connectivity index (χ4n) is 2.67. The van der Waals surface area contributed by atoms with E-state index in [0.29, 0.717) is 6.61 Å². The first-order chi connectivity index (χ1) is 14.0. The highest BCUT2D eigenvalue weighted by atomic mass is 16.5. The maximum Gasteiger partial charge on any atom is 0.313 e. The number of benzene rings is 2. The molecule has 0 saturated carbocycles. The Bertz CT molecular complexity index is 836. The Kier molecular flexibility index (Phi) is 9.10. The number of aliphatic hydroxyl groups is 1. The molecule has 1 unspecified atom stereocenters. The number of rotatable bonds is 10. The highest BCUT2D eigenvalue weighted by Crippen LogP contribution is 2.18. The van der Waals surface area contributed by atoms with Crippen LogP contribution in [0.1, 0.15) is 37.3 Å². The Hall–Kier alpha value is -2.94. The van der Waals surface area contributed by atoms with Crippen LogP contribution in [0.4, 0.5) is 0 Å². The molecule has 0 spiro atoms. The van der Waals surface area contributed by atoms with Crippen molar-refractivity contribution in [3.05, 3.63) is 71.8 Å². The fourth-order valence-corrected chi connectivity index (χ4v) is 2.67. The molecule has 1 N–H and O–H groups in total. The molecule has 0 bridgehead atoms. The fraction of sp³-hybridized carbons (Fsp3) is 0.333. The van der Waals surface area contributed by atoms with E-state index in [0.717, 1.165) is 11.1 Å². The molecule has 29 heavy (non-hydrogen) atoms. The molecule has 2 rings (SSSR count). The molecule has 0 aliphatic carbocycles. The third kappa shape index (κ3) is 8.73. The van der Waals surface area contributed by atoms with Gasteiger partial charge in [-0.2, -0.15) is 0 Å². The van der Waals surface area contributed by atoms with Crippen molar-refractivity contribution in [1.29, 1.82) is 0 Å². The molecule has 2 aromatic rings. The first-order valence-corrected chi connectivity index (χ1v) is 9.60. The van der Waals surface area contributed by atoms with Gasteiger partial charge in [0.1, 0.15) is 17.8 Å². The third-order valence-electron chi connectivity index (χ3n) is 4.12. The van der Waals surface area contributed by atoms with E-state index < -0.39 is 17.4 Å². The van der Waals surface area contributed by atoms with E-state index in [1.807, 2.05) is 60.7 Å². The Morgan fingerprint density at radius 3 is 2.34 bits per heavy atom. The van der Waals surface area contributed by atoms with E-state index in [4.69, 9.17) is 9.47 Å². The van der Waals surface area contributed by atoms with Gasteiger partial charge in [0.05, 0.1) is 19.8 Å². The van der Waals surface area contributed by atoms with Crippen LogP contribution in [0.15, 0.2) is 60.7 Å². The average Bonchev–Trinajstić information content (AvgIpc) is 2.71. The Labute approximate surface area is 171 Å². The summed E-state index contributed by atoms with van der Waals surface area (Å²) in [6.07, 6.45) is -0.497. The summed E-state index contributed by atoms with van der Waals surface area (Å²) < 4.78 is 10.4. The van der Waals surface area contributed by atoms with Crippen molar-refractivity contribution in [3.63, 3.8) is 0 Å². The van der Waals surface area contributed by atoms with Crippen molar-refractivity contribution >= 4 is 11.8 Å². The van der Waals surface area contributed by atoms with Crippen molar-refractivity contribution in [2.45, 2.75) is 38.4 Å². The van der Waals surface area contributed by atoms with Crippen LogP contribution in [-0.2, 0) is 25.7 Å². The highest BCUT2D eigenvalue weighted by molar-refractivity contribution is 5.96. The van der Waals surface area contributed by atoms with Gasteiger partial charge in [-0.3, -0.25) is 9.59 Å². The van der Waals surface area contributed by atoms with Gasteiger partial charge in [0.15, 0.2) is 0 Å². The highest BCUT2D eigenvalue weighted by Gasteiger charge is 2.29. The zero-order valence-corrected chi connectivity index (χ0v) is 16.6. The van der Waals surface area contributed by atoms with Crippen molar-refractivity contribution < 1.29 is 24.2 Å². The number of hydrogen-bond acceptors (Lipinski definition) is 5. The van der Waals surface area contributed by atoms with Crippen LogP contribution in [0.3, 0.4) is 0 Å². The number of carbonyl (C=O) groups is 2. The first-order valence-electron chi connectivity index (χ1n) is 9.60. The largest absolute Gasteiger partial charge is 0.466 e.